The molecule has 0 saturated heterocycles. The first kappa shape index (κ1) is 14.4. The molecule has 0 aliphatic heterocycles. The van der Waals surface area contributed by atoms with E-state index in [4.69, 9.17) is 0 Å². The Morgan fingerprint density at radius 1 is 1.24 bits per heavy atom. The van der Waals surface area contributed by atoms with Gasteiger partial charge in [0, 0.05) is 10.9 Å². The predicted molar refractivity (Wildman–Crippen MR) is 82.1 cm³/mol. The van der Waals surface area contributed by atoms with Crippen molar-refractivity contribution in [3.8, 4) is 0 Å². The van der Waals surface area contributed by atoms with Crippen molar-refractivity contribution in [1.82, 2.24) is 5.32 Å². The summed E-state index contributed by atoms with van der Waals surface area (Å²) >= 11 is 1.32. The number of hydrogen-bond donors (Lipinski definition) is 3. The number of rotatable bonds is 3. The molecule has 0 aromatic carbocycles. The summed E-state index contributed by atoms with van der Waals surface area (Å²) in [5.41, 5.74) is 0.934. The van der Waals surface area contributed by atoms with E-state index in [0.717, 1.165) is 22.8 Å². The van der Waals surface area contributed by atoms with E-state index < -0.39 is 5.97 Å². The number of amides is 2. The zero-order valence-electron chi connectivity index (χ0n) is 12.2. The average Bonchev–Trinajstić information content (AvgIpc) is 3.05. The van der Waals surface area contributed by atoms with Crippen molar-refractivity contribution < 1.29 is 14.7 Å². The van der Waals surface area contributed by atoms with Crippen LogP contribution in [0.2, 0.25) is 0 Å². The maximum absolute atomic E-state index is 12.1. The Balaban J connectivity index is 1.68. The summed E-state index contributed by atoms with van der Waals surface area (Å²) in [5, 5.41) is 15.5. The quantitative estimate of drug-likeness (QED) is 0.801. The summed E-state index contributed by atoms with van der Waals surface area (Å²) in [4.78, 5) is 24.4. The first-order valence-electron chi connectivity index (χ1n) is 7.36. The molecular formula is C15H20N2O3S. The molecule has 2 aliphatic rings. The number of hydrogen-bond acceptors (Lipinski definition) is 3. The van der Waals surface area contributed by atoms with Gasteiger partial charge >= 0.3 is 12.0 Å². The maximum atomic E-state index is 12.1. The molecule has 1 aromatic rings. The fourth-order valence-electron chi connectivity index (χ4n) is 3.70. The summed E-state index contributed by atoms with van der Waals surface area (Å²) in [6.45, 7) is 3.64. The standard InChI is InChI=1S/C15H20N2O3S/c1-7-8(2)21-13(12(7)14(18)19)17-15(20)16-11-6-9-3-4-10(11)5-9/h9-11H,3-6H2,1-2H3,(H,18,19)(H2,16,17,20). The lowest BCUT2D eigenvalue weighted by atomic mass is 9.95. The van der Waals surface area contributed by atoms with Crippen LogP contribution in [-0.2, 0) is 0 Å². The van der Waals surface area contributed by atoms with Crippen LogP contribution in [0.15, 0.2) is 0 Å². The minimum atomic E-state index is -0.993. The molecule has 3 atom stereocenters. The maximum Gasteiger partial charge on any atom is 0.338 e. The number of carboxylic acid groups (broad SMARTS) is 1. The molecule has 1 aromatic heterocycles. The van der Waals surface area contributed by atoms with Gasteiger partial charge in [-0.25, -0.2) is 9.59 Å². The summed E-state index contributed by atoms with van der Waals surface area (Å²) in [7, 11) is 0. The first-order valence-corrected chi connectivity index (χ1v) is 8.18. The van der Waals surface area contributed by atoms with Crippen LogP contribution in [0.4, 0.5) is 9.80 Å². The normalized spacial score (nSPS) is 26.9. The number of carboxylic acids is 1. The van der Waals surface area contributed by atoms with Crippen molar-refractivity contribution in [3.05, 3.63) is 16.0 Å². The third-order valence-corrected chi connectivity index (χ3v) is 6.00. The Kier molecular flexibility index (Phi) is 3.65. The van der Waals surface area contributed by atoms with E-state index >= 15 is 0 Å². The second-order valence-corrected chi connectivity index (χ2v) is 7.40. The highest BCUT2D eigenvalue weighted by atomic mass is 32.1. The number of carbonyl (C=O) groups is 2. The molecule has 2 saturated carbocycles. The predicted octanol–water partition coefficient (Wildman–Crippen LogP) is 3.37. The summed E-state index contributed by atoms with van der Waals surface area (Å²) in [6.07, 6.45) is 4.78. The highest BCUT2D eigenvalue weighted by Gasteiger charge is 2.40. The summed E-state index contributed by atoms with van der Waals surface area (Å²) < 4.78 is 0. The zero-order chi connectivity index (χ0) is 15.1. The van der Waals surface area contributed by atoms with Gasteiger partial charge in [-0.1, -0.05) is 6.42 Å². The molecule has 3 N–H and O–H groups in total. The summed E-state index contributed by atoms with van der Waals surface area (Å²) in [5.74, 6) is 0.375. The van der Waals surface area contributed by atoms with Crippen molar-refractivity contribution in [2.24, 2.45) is 11.8 Å². The van der Waals surface area contributed by atoms with Crippen molar-refractivity contribution in [2.45, 2.75) is 45.6 Å². The lowest BCUT2D eigenvalue weighted by molar-refractivity contribution is 0.0697. The minimum absolute atomic E-state index is 0.209. The molecule has 6 heteroatoms. The second kappa shape index (κ2) is 5.33. The van der Waals surface area contributed by atoms with Crippen LogP contribution in [0.1, 0.15) is 46.5 Å². The van der Waals surface area contributed by atoms with E-state index in [1.54, 1.807) is 6.92 Å². The van der Waals surface area contributed by atoms with Crippen LogP contribution in [-0.4, -0.2) is 23.1 Å². The molecule has 0 radical (unpaired) electrons. The van der Waals surface area contributed by atoms with Gasteiger partial charge in [0.25, 0.3) is 0 Å². The van der Waals surface area contributed by atoms with Crippen LogP contribution < -0.4 is 10.6 Å². The lowest BCUT2D eigenvalue weighted by Crippen LogP contribution is -2.41. The van der Waals surface area contributed by atoms with Crippen molar-refractivity contribution >= 4 is 28.3 Å². The molecular weight excluding hydrogens is 288 g/mol. The molecule has 2 amide bonds. The number of aryl methyl sites for hydroxylation is 1. The van der Waals surface area contributed by atoms with Gasteiger partial charge in [-0.3, -0.25) is 5.32 Å². The Morgan fingerprint density at radius 2 is 2.00 bits per heavy atom. The van der Waals surface area contributed by atoms with Gasteiger partial charge in [-0.15, -0.1) is 11.3 Å². The number of fused-ring (bicyclic) bond motifs is 2. The highest BCUT2D eigenvalue weighted by molar-refractivity contribution is 7.16. The molecule has 1 heterocycles. The topological polar surface area (TPSA) is 78.4 Å². The Morgan fingerprint density at radius 3 is 2.57 bits per heavy atom. The highest BCUT2D eigenvalue weighted by Crippen LogP contribution is 2.44. The molecule has 5 nitrogen and oxygen atoms in total. The van der Waals surface area contributed by atoms with Gasteiger partial charge in [0.15, 0.2) is 0 Å². The fourth-order valence-corrected chi connectivity index (χ4v) is 4.75. The van der Waals surface area contributed by atoms with E-state index in [-0.39, 0.29) is 17.6 Å². The van der Waals surface area contributed by atoms with Gasteiger partial charge < -0.3 is 10.4 Å². The van der Waals surface area contributed by atoms with Gasteiger partial charge in [0.2, 0.25) is 0 Å². The van der Waals surface area contributed by atoms with Crippen molar-refractivity contribution in [2.75, 3.05) is 5.32 Å². The Bertz CT molecular complexity index is 596. The Labute approximate surface area is 127 Å². The van der Waals surface area contributed by atoms with Gasteiger partial charge in [-0.05, 0) is 50.5 Å². The average molecular weight is 308 g/mol. The molecule has 3 unspecified atom stereocenters. The van der Waals surface area contributed by atoms with Crippen molar-refractivity contribution in [3.63, 3.8) is 0 Å². The van der Waals surface area contributed by atoms with E-state index in [1.807, 2.05) is 6.92 Å². The molecule has 21 heavy (non-hydrogen) atoms. The van der Waals surface area contributed by atoms with Gasteiger partial charge in [0.1, 0.15) is 5.00 Å². The van der Waals surface area contributed by atoms with E-state index in [2.05, 4.69) is 10.6 Å². The molecule has 0 spiro atoms. The fraction of sp³-hybridized carbons (Fsp3) is 0.600. The van der Waals surface area contributed by atoms with Crippen LogP contribution in [0.3, 0.4) is 0 Å². The molecule has 3 rings (SSSR count). The number of thiophene rings is 1. The summed E-state index contributed by atoms with van der Waals surface area (Å²) in [6, 6.07) is -0.0320. The lowest BCUT2D eigenvalue weighted by Gasteiger charge is -2.22. The third kappa shape index (κ3) is 2.64. The molecule has 2 fully saturated rings. The van der Waals surface area contributed by atoms with Crippen LogP contribution in [0, 0.1) is 25.7 Å². The largest absolute Gasteiger partial charge is 0.478 e. The number of aromatic carboxylic acids is 1. The monoisotopic (exact) mass is 308 g/mol. The number of anilines is 1. The number of nitrogens with one attached hydrogen (secondary N) is 2. The van der Waals surface area contributed by atoms with Crippen LogP contribution >= 0.6 is 11.3 Å². The zero-order valence-corrected chi connectivity index (χ0v) is 13.0. The van der Waals surface area contributed by atoms with Crippen LogP contribution in [0.5, 0.6) is 0 Å². The number of carbonyl (C=O) groups excluding carboxylic acids is 1. The molecule has 2 bridgehead atoms. The minimum Gasteiger partial charge on any atom is -0.478 e. The van der Waals surface area contributed by atoms with Crippen molar-refractivity contribution in [1.29, 1.82) is 0 Å². The SMILES string of the molecule is Cc1sc(NC(=O)NC2CC3CCC2C3)c(C(=O)O)c1C. The van der Waals surface area contributed by atoms with Gasteiger partial charge in [0.05, 0.1) is 5.56 Å². The smallest absolute Gasteiger partial charge is 0.338 e. The third-order valence-electron chi connectivity index (χ3n) is 4.88. The van der Waals surface area contributed by atoms with E-state index in [9.17, 15) is 14.7 Å². The Hall–Kier alpha value is -1.56. The first-order chi connectivity index (χ1) is 9.95. The molecule has 114 valence electrons. The van der Waals surface area contributed by atoms with E-state index in [0.29, 0.717) is 10.9 Å². The number of urea groups is 1. The second-order valence-electron chi connectivity index (χ2n) is 6.17. The molecule has 2 aliphatic carbocycles. The van der Waals surface area contributed by atoms with Gasteiger partial charge in [-0.2, -0.15) is 0 Å². The van der Waals surface area contributed by atoms with Crippen LogP contribution in [0.25, 0.3) is 0 Å². The van der Waals surface area contributed by atoms with E-state index in [1.165, 1.54) is 30.6 Å².